The molecule has 0 unspecified atom stereocenters. The standard InChI is InChI=1S/C18H18F2O/c1-18(2,3)17(21)16(12-6-4-8-14(19)10-12)13-7-5-9-15(20)11-13/h4-11,16H,1-3H3. The average Bonchev–Trinajstić information content (AvgIpc) is 2.38. The summed E-state index contributed by atoms with van der Waals surface area (Å²) in [6, 6.07) is 11.8. The molecule has 110 valence electrons. The molecule has 2 rings (SSSR count). The Labute approximate surface area is 123 Å². The largest absolute Gasteiger partial charge is 0.298 e. The summed E-state index contributed by atoms with van der Waals surface area (Å²) in [5.74, 6) is -1.55. The molecule has 2 aromatic carbocycles. The Bertz CT molecular complexity index is 611. The zero-order chi connectivity index (χ0) is 15.6. The third-order valence-corrected chi connectivity index (χ3v) is 3.37. The van der Waals surface area contributed by atoms with Crippen LogP contribution in [0.4, 0.5) is 8.78 Å². The third kappa shape index (κ3) is 3.54. The minimum atomic E-state index is -0.670. The minimum absolute atomic E-state index is 0.0706. The van der Waals surface area contributed by atoms with Gasteiger partial charge in [0, 0.05) is 5.41 Å². The van der Waals surface area contributed by atoms with Crippen LogP contribution in [0.5, 0.6) is 0 Å². The normalized spacial score (nSPS) is 11.7. The second kappa shape index (κ2) is 5.76. The molecule has 0 aliphatic heterocycles. The SMILES string of the molecule is CC(C)(C)C(=O)C(c1cccc(F)c1)c1cccc(F)c1. The molecule has 0 fully saturated rings. The van der Waals surface area contributed by atoms with Gasteiger partial charge in [0.1, 0.15) is 17.4 Å². The lowest BCUT2D eigenvalue weighted by Gasteiger charge is -2.25. The number of carbonyl (C=O) groups is 1. The van der Waals surface area contributed by atoms with Crippen LogP contribution in [-0.2, 0) is 4.79 Å². The van der Waals surface area contributed by atoms with E-state index in [0.29, 0.717) is 11.1 Å². The molecule has 0 spiro atoms. The molecule has 0 saturated carbocycles. The summed E-state index contributed by atoms with van der Waals surface area (Å²) in [7, 11) is 0. The molecule has 0 atom stereocenters. The maximum Gasteiger partial charge on any atom is 0.150 e. The first-order valence-electron chi connectivity index (χ1n) is 6.84. The van der Waals surface area contributed by atoms with Crippen LogP contribution in [0.2, 0.25) is 0 Å². The van der Waals surface area contributed by atoms with Crippen molar-refractivity contribution in [2.24, 2.45) is 5.41 Å². The highest BCUT2D eigenvalue weighted by Crippen LogP contribution is 2.33. The first-order chi connectivity index (χ1) is 9.79. The van der Waals surface area contributed by atoms with E-state index in [9.17, 15) is 13.6 Å². The summed E-state index contributed by atoms with van der Waals surface area (Å²) in [6.45, 7) is 5.42. The lowest BCUT2D eigenvalue weighted by Crippen LogP contribution is -2.27. The monoisotopic (exact) mass is 288 g/mol. The van der Waals surface area contributed by atoms with E-state index in [0.717, 1.165) is 0 Å². The van der Waals surface area contributed by atoms with E-state index in [2.05, 4.69) is 0 Å². The van der Waals surface area contributed by atoms with E-state index in [4.69, 9.17) is 0 Å². The van der Waals surface area contributed by atoms with E-state index in [1.54, 1.807) is 45.0 Å². The highest BCUT2D eigenvalue weighted by atomic mass is 19.1. The van der Waals surface area contributed by atoms with E-state index >= 15 is 0 Å². The number of Topliss-reactive ketones (excluding diaryl/α,β-unsaturated/α-hetero) is 1. The number of rotatable bonds is 3. The highest BCUT2D eigenvalue weighted by molar-refractivity contribution is 5.93. The summed E-state index contributed by atoms with van der Waals surface area (Å²) in [6.07, 6.45) is 0. The van der Waals surface area contributed by atoms with Gasteiger partial charge in [-0.05, 0) is 35.4 Å². The maximum atomic E-state index is 13.5. The van der Waals surface area contributed by atoms with Crippen LogP contribution in [0.3, 0.4) is 0 Å². The lowest BCUT2D eigenvalue weighted by molar-refractivity contribution is -0.126. The van der Waals surface area contributed by atoms with Crippen molar-refractivity contribution in [3.05, 3.63) is 71.3 Å². The number of hydrogen-bond donors (Lipinski definition) is 0. The summed E-state index contributed by atoms with van der Waals surface area (Å²) in [4.78, 5) is 12.7. The Kier molecular flexibility index (Phi) is 4.21. The Morgan fingerprint density at radius 3 is 1.67 bits per heavy atom. The van der Waals surface area contributed by atoms with Crippen LogP contribution in [0.25, 0.3) is 0 Å². The topological polar surface area (TPSA) is 17.1 Å². The van der Waals surface area contributed by atoms with Gasteiger partial charge in [-0.2, -0.15) is 0 Å². The van der Waals surface area contributed by atoms with Gasteiger partial charge in [-0.1, -0.05) is 45.0 Å². The number of carbonyl (C=O) groups excluding carboxylic acids is 1. The molecular weight excluding hydrogens is 270 g/mol. The zero-order valence-electron chi connectivity index (χ0n) is 12.4. The van der Waals surface area contributed by atoms with Crippen molar-refractivity contribution < 1.29 is 13.6 Å². The predicted molar refractivity (Wildman–Crippen MR) is 79.1 cm³/mol. The highest BCUT2D eigenvalue weighted by Gasteiger charge is 2.32. The maximum absolute atomic E-state index is 13.5. The van der Waals surface area contributed by atoms with Crippen LogP contribution >= 0.6 is 0 Å². The van der Waals surface area contributed by atoms with Gasteiger partial charge in [0.2, 0.25) is 0 Å². The molecule has 3 heteroatoms. The third-order valence-electron chi connectivity index (χ3n) is 3.37. The van der Waals surface area contributed by atoms with Crippen molar-refractivity contribution >= 4 is 5.78 Å². The van der Waals surface area contributed by atoms with Crippen LogP contribution in [-0.4, -0.2) is 5.78 Å². The Hall–Kier alpha value is -2.03. The van der Waals surface area contributed by atoms with Crippen molar-refractivity contribution in [1.82, 2.24) is 0 Å². The van der Waals surface area contributed by atoms with Crippen LogP contribution in [0, 0.1) is 17.0 Å². The number of hydrogen-bond acceptors (Lipinski definition) is 1. The van der Waals surface area contributed by atoms with E-state index < -0.39 is 23.0 Å². The van der Waals surface area contributed by atoms with Gasteiger partial charge in [-0.3, -0.25) is 4.79 Å². The number of ketones is 1. The molecule has 0 aliphatic rings. The number of benzene rings is 2. The van der Waals surface area contributed by atoms with Gasteiger partial charge in [0.25, 0.3) is 0 Å². The summed E-state index contributed by atoms with van der Waals surface area (Å²) in [5, 5.41) is 0. The van der Waals surface area contributed by atoms with Crippen LogP contribution in [0.1, 0.15) is 37.8 Å². The molecule has 2 aromatic rings. The second-order valence-corrected chi connectivity index (χ2v) is 6.16. The Balaban J connectivity index is 2.57. The molecule has 0 amide bonds. The lowest BCUT2D eigenvalue weighted by atomic mass is 9.76. The van der Waals surface area contributed by atoms with Crippen molar-refractivity contribution in [2.75, 3.05) is 0 Å². The van der Waals surface area contributed by atoms with Crippen LogP contribution < -0.4 is 0 Å². The number of halogens is 2. The van der Waals surface area contributed by atoms with E-state index in [1.807, 2.05) is 0 Å². The van der Waals surface area contributed by atoms with Crippen molar-refractivity contribution in [3.8, 4) is 0 Å². The van der Waals surface area contributed by atoms with Gasteiger partial charge >= 0.3 is 0 Å². The van der Waals surface area contributed by atoms with Crippen molar-refractivity contribution in [3.63, 3.8) is 0 Å². The first kappa shape index (κ1) is 15.4. The molecule has 21 heavy (non-hydrogen) atoms. The first-order valence-corrected chi connectivity index (χ1v) is 6.84. The minimum Gasteiger partial charge on any atom is -0.298 e. The van der Waals surface area contributed by atoms with Gasteiger partial charge in [-0.15, -0.1) is 0 Å². The molecule has 0 aliphatic carbocycles. The predicted octanol–water partition coefficient (Wildman–Crippen LogP) is 4.71. The summed E-state index contributed by atoms with van der Waals surface area (Å²) < 4.78 is 27.0. The molecular formula is C18H18F2O. The molecule has 0 radical (unpaired) electrons. The summed E-state index contributed by atoms with van der Waals surface area (Å²) >= 11 is 0. The van der Waals surface area contributed by atoms with E-state index in [1.165, 1.54) is 24.3 Å². The van der Waals surface area contributed by atoms with Gasteiger partial charge < -0.3 is 0 Å². The van der Waals surface area contributed by atoms with E-state index in [-0.39, 0.29) is 5.78 Å². The van der Waals surface area contributed by atoms with Crippen molar-refractivity contribution in [1.29, 1.82) is 0 Å². The molecule has 1 nitrogen and oxygen atoms in total. The van der Waals surface area contributed by atoms with Crippen molar-refractivity contribution in [2.45, 2.75) is 26.7 Å². The molecule has 0 aromatic heterocycles. The molecule has 0 N–H and O–H groups in total. The molecule has 0 heterocycles. The molecule has 0 saturated heterocycles. The smallest absolute Gasteiger partial charge is 0.150 e. The van der Waals surface area contributed by atoms with Crippen LogP contribution in [0.15, 0.2) is 48.5 Å². The fourth-order valence-electron chi connectivity index (χ4n) is 2.30. The van der Waals surface area contributed by atoms with Gasteiger partial charge in [0.15, 0.2) is 0 Å². The molecule has 0 bridgehead atoms. The van der Waals surface area contributed by atoms with Gasteiger partial charge in [-0.25, -0.2) is 8.78 Å². The second-order valence-electron chi connectivity index (χ2n) is 6.16. The fourth-order valence-corrected chi connectivity index (χ4v) is 2.30. The zero-order valence-corrected chi connectivity index (χ0v) is 12.4. The average molecular weight is 288 g/mol. The van der Waals surface area contributed by atoms with Gasteiger partial charge in [0.05, 0.1) is 5.92 Å². The quantitative estimate of drug-likeness (QED) is 0.799. The fraction of sp³-hybridized carbons (Fsp3) is 0.278. The Morgan fingerprint density at radius 1 is 0.905 bits per heavy atom. The summed E-state index contributed by atoms with van der Waals surface area (Å²) in [5.41, 5.74) is 0.476. The Morgan fingerprint density at radius 2 is 1.33 bits per heavy atom.